The summed E-state index contributed by atoms with van der Waals surface area (Å²) in [6, 6.07) is 0. The van der Waals surface area contributed by atoms with E-state index in [-0.39, 0.29) is 17.9 Å². The maximum atomic E-state index is 12.1. The number of methoxy groups -OCH3 is 1. The summed E-state index contributed by atoms with van der Waals surface area (Å²) in [5.74, 6) is -0.473. The number of amides is 1. The Morgan fingerprint density at radius 3 is 2.45 bits per heavy atom. The molecule has 0 aromatic carbocycles. The molecule has 6 nitrogen and oxygen atoms in total. The summed E-state index contributed by atoms with van der Waals surface area (Å²) < 4.78 is 27.0. The highest BCUT2D eigenvalue weighted by Crippen LogP contribution is 2.20. The largest absolute Gasteiger partial charge is 0.383 e. The smallest absolute Gasteiger partial charge is 0.240 e. The van der Waals surface area contributed by atoms with Crippen molar-refractivity contribution in [3.63, 3.8) is 0 Å². The number of halogens is 1. The minimum atomic E-state index is -3.44. The first-order chi connectivity index (χ1) is 8.65. The Hall–Kier alpha value is -0.370. The molecular formula is C12H25ClN2O4S. The van der Waals surface area contributed by atoms with Crippen LogP contribution in [-0.4, -0.2) is 57.7 Å². The molecule has 1 aliphatic rings. The molecule has 0 aliphatic carbocycles. The molecule has 1 fully saturated rings. The summed E-state index contributed by atoms with van der Waals surface area (Å²) in [7, 11) is -1.83. The summed E-state index contributed by atoms with van der Waals surface area (Å²) in [6.07, 6.45) is 3.00. The first kappa shape index (κ1) is 19.6. The first-order valence-electron chi connectivity index (χ1n) is 6.36. The van der Waals surface area contributed by atoms with E-state index < -0.39 is 20.5 Å². The third-order valence-electron chi connectivity index (χ3n) is 3.81. The number of carbonyl (C=O) groups is 1. The summed E-state index contributed by atoms with van der Waals surface area (Å²) in [5, 5.41) is 6.06. The van der Waals surface area contributed by atoms with Crippen LogP contribution in [0.2, 0.25) is 0 Å². The molecular weight excluding hydrogens is 304 g/mol. The maximum Gasteiger partial charge on any atom is 0.240 e. The number of rotatable bonds is 6. The Morgan fingerprint density at radius 1 is 1.45 bits per heavy atom. The fourth-order valence-electron chi connectivity index (χ4n) is 2.10. The summed E-state index contributed by atoms with van der Waals surface area (Å²) in [6.45, 7) is 4.59. The predicted molar refractivity (Wildman–Crippen MR) is 81.0 cm³/mol. The Bertz CT molecular complexity index is 431. The van der Waals surface area contributed by atoms with Crippen molar-refractivity contribution in [1.82, 2.24) is 10.6 Å². The Balaban J connectivity index is 0.00000361. The van der Waals surface area contributed by atoms with Crippen molar-refractivity contribution in [2.75, 3.05) is 33.1 Å². The lowest BCUT2D eigenvalue weighted by Crippen LogP contribution is -2.56. The third kappa shape index (κ3) is 4.31. The molecule has 120 valence electrons. The molecule has 0 radical (unpaired) electrons. The lowest BCUT2D eigenvalue weighted by Gasteiger charge is -2.31. The molecule has 1 saturated heterocycles. The van der Waals surface area contributed by atoms with Gasteiger partial charge in [0.1, 0.15) is 4.75 Å². The molecule has 1 unspecified atom stereocenters. The first-order valence-corrected chi connectivity index (χ1v) is 8.26. The highest BCUT2D eigenvalue weighted by molar-refractivity contribution is 7.92. The number of hydrogen-bond acceptors (Lipinski definition) is 5. The molecule has 1 rings (SSSR count). The van der Waals surface area contributed by atoms with E-state index in [0.29, 0.717) is 13.2 Å². The van der Waals surface area contributed by atoms with E-state index in [0.717, 1.165) is 25.6 Å². The highest BCUT2D eigenvalue weighted by atomic mass is 35.5. The van der Waals surface area contributed by atoms with Crippen LogP contribution >= 0.6 is 12.4 Å². The van der Waals surface area contributed by atoms with Crippen molar-refractivity contribution in [2.45, 2.75) is 37.0 Å². The molecule has 1 atom stereocenters. The second-order valence-electron chi connectivity index (χ2n) is 5.71. The van der Waals surface area contributed by atoms with Crippen LogP contribution in [0.25, 0.3) is 0 Å². The summed E-state index contributed by atoms with van der Waals surface area (Å²) >= 11 is 0. The number of nitrogens with one attached hydrogen (secondary N) is 2. The van der Waals surface area contributed by atoms with Crippen molar-refractivity contribution in [2.24, 2.45) is 0 Å². The SMILES string of the molecule is COCC1(CNC(=O)C(C)(C)S(C)(=O)=O)CCCN1.Cl. The minimum Gasteiger partial charge on any atom is -0.383 e. The van der Waals surface area contributed by atoms with Gasteiger partial charge in [0, 0.05) is 19.9 Å². The standard InChI is InChI=1S/C12H24N2O4S.ClH/c1-11(2,19(4,16)17)10(15)13-8-12(9-18-3)6-5-7-14-12;/h14H,5-9H2,1-4H3,(H,13,15);1H. The van der Waals surface area contributed by atoms with Gasteiger partial charge in [-0.15, -0.1) is 12.4 Å². The van der Waals surface area contributed by atoms with Crippen LogP contribution in [0, 0.1) is 0 Å². The predicted octanol–water partition coefficient (Wildman–Crippen LogP) is 0.116. The Kier molecular flexibility index (Phi) is 6.93. The lowest BCUT2D eigenvalue weighted by atomic mass is 9.98. The normalized spacial score (nSPS) is 23.2. The van der Waals surface area contributed by atoms with Gasteiger partial charge in [-0.3, -0.25) is 4.79 Å². The topological polar surface area (TPSA) is 84.5 Å². The van der Waals surface area contributed by atoms with Gasteiger partial charge in [-0.05, 0) is 33.2 Å². The van der Waals surface area contributed by atoms with Crippen molar-refractivity contribution in [3.05, 3.63) is 0 Å². The van der Waals surface area contributed by atoms with Crippen molar-refractivity contribution in [1.29, 1.82) is 0 Å². The number of sulfone groups is 1. The van der Waals surface area contributed by atoms with E-state index >= 15 is 0 Å². The average molecular weight is 329 g/mol. The van der Waals surface area contributed by atoms with E-state index in [9.17, 15) is 13.2 Å². The number of ether oxygens (including phenoxy) is 1. The monoisotopic (exact) mass is 328 g/mol. The maximum absolute atomic E-state index is 12.1. The summed E-state index contributed by atoms with van der Waals surface area (Å²) in [4.78, 5) is 12.1. The van der Waals surface area contributed by atoms with Gasteiger partial charge in [0.2, 0.25) is 5.91 Å². The van der Waals surface area contributed by atoms with Crippen LogP contribution in [0.1, 0.15) is 26.7 Å². The minimum absolute atomic E-state index is 0. The van der Waals surface area contributed by atoms with Crippen LogP contribution in [0.5, 0.6) is 0 Å². The molecule has 1 amide bonds. The van der Waals surface area contributed by atoms with E-state index in [2.05, 4.69) is 10.6 Å². The fraction of sp³-hybridized carbons (Fsp3) is 0.917. The van der Waals surface area contributed by atoms with Crippen LogP contribution < -0.4 is 10.6 Å². The number of hydrogen-bond donors (Lipinski definition) is 2. The van der Waals surface area contributed by atoms with Crippen LogP contribution in [0.4, 0.5) is 0 Å². The molecule has 2 N–H and O–H groups in total. The third-order valence-corrected chi connectivity index (χ3v) is 5.85. The molecule has 1 heterocycles. The van der Waals surface area contributed by atoms with Gasteiger partial charge in [0.15, 0.2) is 9.84 Å². The molecule has 0 saturated carbocycles. The molecule has 0 bridgehead atoms. The van der Waals surface area contributed by atoms with Gasteiger partial charge in [-0.2, -0.15) is 0 Å². The van der Waals surface area contributed by atoms with Crippen LogP contribution in [0.3, 0.4) is 0 Å². The molecule has 20 heavy (non-hydrogen) atoms. The fourth-order valence-corrected chi connectivity index (χ4v) is 2.51. The molecule has 1 aliphatic heterocycles. The van der Waals surface area contributed by atoms with Crippen molar-refractivity contribution >= 4 is 28.2 Å². The van der Waals surface area contributed by atoms with Gasteiger partial charge >= 0.3 is 0 Å². The van der Waals surface area contributed by atoms with Gasteiger partial charge in [-0.1, -0.05) is 0 Å². The number of carbonyl (C=O) groups excluding carboxylic acids is 1. The van der Waals surface area contributed by atoms with Gasteiger partial charge in [0.25, 0.3) is 0 Å². The van der Waals surface area contributed by atoms with E-state index in [1.165, 1.54) is 13.8 Å². The van der Waals surface area contributed by atoms with Crippen molar-refractivity contribution < 1.29 is 17.9 Å². The molecule has 0 aromatic heterocycles. The lowest BCUT2D eigenvalue weighted by molar-refractivity contribution is -0.123. The Morgan fingerprint density at radius 2 is 2.05 bits per heavy atom. The molecule has 0 spiro atoms. The zero-order valence-electron chi connectivity index (χ0n) is 12.5. The quantitative estimate of drug-likeness (QED) is 0.723. The van der Waals surface area contributed by atoms with E-state index in [4.69, 9.17) is 4.74 Å². The zero-order chi connectivity index (χ0) is 14.7. The highest BCUT2D eigenvalue weighted by Gasteiger charge is 2.40. The second kappa shape index (κ2) is 7.06. The van der Waals surface area contributed by atoms with Crippen LogP contribution in [0.15, 0.2) is 0 Å². The van der Waals surface area contributed by atoms with E-state index in [1.807, 2.05) is 0 Å². The zero-order valence-corrected chi connectivity index (χ0v) is 14.1. The van der Waals surface area contributed by atoms with E-state index in [1.54, 1.807) is 7.11 Å². The van der Waals surface area contributed by atoms with Crippen molar-refractivity contribution in [3.8, 4) is 0 Å². The Labute approximate surface area is 127 Å². The molecule has 0 aromatic rings. The second-order valence-corrected chi connectivity index (χ2v) is 8.27. The van der Waals surface area contributed by atoms with Gasteiger partial charge < -0.3 is 15.4 Å². The van der Waals surface area contributed by atoms with Crippen LogP contribution in [-0.2, 0) is 19.4 Å². The van der Waals surface area contributed by atoms with Gasteiger partial charge in [0.05, 0.1) is 12.1 Å². The molecule has 8 heteroatoms. The van der Waals surface area contributed by atoms with Gasteiger partial charge in [-0.25, -0.2) is 8.42 Å². The summed E-state index contributed by atoms with van der Waals surface area (Å²) in [5.41, 5.74) is -0.280. The average Bonchev–Trinajstić information content (AvgIpc) is 2.74.